The Kier molecular flexibility index (Phi) is 4.27. The summed E-state index contributed by atoms with van der Waals surface area (Å²) in [6.45, 7) is 5.53. The Hall–Kier alpha value is -1.39. The summed E-state index contributed by atoms with van der Waals surface area (Å²) in [5.41, 5.74) is 0.901. The molecule has 0 aliphatic carbocycles. The maximum absolute atomic E-state index is 6.08. The van der Waals surface area contributed by atoms with Gasteiger partial charge in [0.2, 0.25) is 5.28 Å². The first-order valence-corrected chi connectivity index (χ1v) is 7.94. The number of rotatable bonds is 4. The Balaban J connectivity index is 1.89. The molecule has 1 aromatic carbocycles. The van der Waals surface area contributed by atoms with Crippen LogP contribution < -0.4 is 4.90 Å². The molecular weight excluding hydrogens is 284 g/mol. The lowest BCUT2D eigenvalue weighted by Crippen LogP contribution is -2.39. The van der Waals surface area contributed by atoms with Crippen LogP contribution in [0.1, 0.15) is 19.8 Å². The van der Waals surface area contributed by atoms with Crippen molar-refractivity contribution in [2.24, 2.45) is 0 Å². The van der Waals surface area contributed by atoms with Crippen molar-refractivity contribution in [3.63, 3.8) is 0 Å². The van der Waals surface area contributed by atoms with Crippen LogP contribution in [0.25, 0.3) is 10.9 Å². The number of benzene rings is 1. The van der Waals surface area contributed by atoms with E-state index < -0.39 is 0 Å². The Morgan fingerprint density at radius 1 is 1.33 bits per heavy atom. The van der Waals surface area contributed by atoms with E-state index in [1.54, 1.807) is 0 Å². The van der Waals surface area contributed by atoms with Crippen LogP contribution in [0.3, 0.4) is 0 Å². The van der Waals surface area contributed by atoms with Gasteiger partial charge in [-0.05, 0) is 49.7 Å². The van der Waals surface area contributed by atoms with Crippen molar-refractivity contribution in [2.45, 2.75) is 25.8 Å². The number of aromatic nitrogens is 2. The van der Waals surface area contributed by atoms with Crippen molar-refractivity contribution < 1.29 is 0 Å². The van der Waals surface area contributed by atoms with Gasteiger partial charge >= 0.3 is 0 Å². The standard InChI is InChI=1S/C16H21ClN4/c1-3-21-10-6-7-12(21)11-20(2)15-13-8-4-5-9-14(13)18-16(17)19-15/h4-5,8-9,12H,3,6-7,10-11H2,1-2H3. The van der Waals surface area contributed by atoms with Crippen LogP contribution in [0.4, 0.5) is 5.82 Å². The minimum absolute atomic E-state index is 0.314. The zero-order valence-corrected chi connectivity index (χ0v) is 13.3. The van der Waals surface area contributed by atoms with Crippen LogP contribution >= 0.6 is 11.6 Å². The van der Waals surface area contributed by atoms with Gasteiger partial charge in [-0.1, -0.05) is 19.1 Å². The molecule has 0 spiro atoms. The molecule has 2 heterocycles. The first-order chi connectivity index (χ1) is 10.2. The lowest BCUT2D eigenvalue weighted by Gasteiger charge is -2.28. The molecule has 0 saturated carbocycles. The SMILES string of the molecule is CCN1CCCC1CN(C)c1nc(Cl)nc2ccccc12. The van der Waals surface area contributed by atoms with Crippen molar-refractivity contribution in [1.82, 2.24) is 14.9 Å². The highest BCUT2D eigenvalue weighted by Gasteiger charge is 2.25. The number of hydrogen-bond acceptors (Lipinski definition) is 4. The van der Waals surface area contributed by atoms with E-state index in [0.29, 0.717) is 11.3 Å². The van der Waals surface area contributed by atoms with E-state index >= 15 is 0 Å². The van der Waals surface area contributed by atoms with Crippen LogP contribution in [0.2, 0.25) is 5.28 Å². The molecule has 21 heavy (non-hydrogen) atoms. The van der Waals surface area contributed by atoms with E-state index in [-0.39, 0.29) is 0 Å². The van der Waals surface area contributed by atoms with Crippen molar-refractivity contribution in [2.75, 3.05) is 31.6 Å². The highest BCUT2D eigenvalue weighted by atomic mass is 35.5. The average Bonchev–Trinajstić information content (AvgIpc) is 2.93. The van der Waals surface area contributed by atoms with E-state index in [2.05, 4.69) is 39.8 Å². The molecule has 5 heteroatoms. The van der Waals surface area contributed by atoms with Crippen LogP contribution in [0.15, 0.2) is 24.3 Å². The second-order valence-electron chi connectivity index (χ2n) is 5.64. The largest absolute Gasteiger partial charge is 0.357 e. The number of likely N-dealkylation sites (N-methyl/N-ethyl adjacent to an activating group) is 2. The van der Waals surface area contributed by atoms with Crippen LogP contribution in [-0.4, -0.2) is 47.6 Å². The van der Waals surface area contributed by atoms with Crippen molar-refractivity contribution in [3.05, 3.63) is 29.5 Å². The zero-order chi connectivity index (χ0) is 14.8. The third-order valence-corrected chi connectivity index (χ3v) is 4.48. The molecule has 3 rings (SSSR count). The molecule has 4 nitrogen and oxygen atoms in total. The smallest absolute Gasteiger partial charge is 0.224 e. The third-order valence-electron chi connectivity index (χ3n) is 4.31. The molecule has 0 radical (unpaired) electrons. The Morgan fingerprint density at radius 3 is 2.95 bits per heavy atom. The minimum atomic E-state index is 0.314. The fourth-order valence-electron chi connectivity index (χ4n) is 3.24. The summed E-state index contributed by atoms with van der Waals surface area (Å²) in [7, 11) is 2.09. The first-order valence-electron chi connectivity index (χ1n) is 7.56. The summed E-state index contributed by atoms with van der Waals surface area (Å²) < 4.78 is 0. The highest BCUT2D eigenvalue weighted by molar-refractivity contribution is 6.28. The Morgan fingerprint density at radius 2 is 2.14 bits per heavy atom. The maximum Gasteiger partial charge on any atom is 0.224 e. The summed E-state index contributed by atoms with van der Waals surface area (Å²) in [6.07, 6.45) is 2.55. The van der Waals surface area contributed by atoms with Gasteiger partial charge < -0.3 is 4.90 Å². The van der Waals surface area contributed by atoms with Gasteiger partial charge in [0.25, 0.3) is 0 Å². The molecule has 112 valence electrons. The third kappa shape index (κ3) is 2.97. The second kappa shape index (κ2) is 6.16. The van der Waals surface area contributed by atoms with E-state index in [9.17, 15) is 0 Å². The summed E-state index contributed by atoms with van der Waals surface area (Å²) in [4.78, 5) is 13.5. The van der Waals surface area contributed by atoms with Gasteiger partial charge in [0, 0.05) is 25.0 Å². The topological polar surface area (TPSA) is 32.3 Å². The summed E-state index contributed by atoms with van der Waals surface area (Å²) in [5.74, 6) is 0.925. The number of fused-ring (bicyclic) bond motifs is 1. The average molecular weight is 305 g/mol. The molecule has 1 fully saturated rings. The molecule has 0 N–H and O–H groups in total. The van der Waals surface area contributed by atoms with Crippen LogP contribution in [0.5, 0.6) is 0 Å². The van der Waals surface area contributed by atoms with Crippen molar-refractivity contribution in [3.8, 4) is 0 Å². The van der Waals surface area contributed by atoms with E-state index in [4.69, 9.17) is 11.6 Å². The lowest BCUT2D eigenvalue weighted by atomic mass is 10.2. The normalized spacial score (nSPS) is 19.3. The second-order valence-corrected chi connectivity index (χ2v) is 5.98. The molecule has 2 aromatic rings. The molecule has 1 aromatic heterocycles. The number of nitrogens with zero attached hydrogens (tertiary/aromatic N) is 4. The molecule has 0 amide bonds. The van der Waals surface area contributed by atoms with Crippen LogP contribution in [0, 0.1) is 0 Å². The van der Waals surface area contributed by atoms with Crippen molar-refractivity contribution in [1.29, 1.82) is 0 Å². The first kappa shape index (κ1) is 14.5. The minimum Gasteiger partial charge on any atom is -0.357 e. The number of anilines is 1. The summed E-state index contributed by atoms with van der Waals surface area (Å²) in [6, 6.07) is 8.64. The summed E-state index contributed by atoms with van der Waals surface area (Å²) >= 11 is 6.08. The molecular formula is C16H21ClN4. The monoisotopic (exact) mass is 304 g/mol. The Bertz CT molecular complexity index is 631. The molecule has 1 aliphatic heterocycles. The predicted octanol–water partition coefficient (Wildman–Crippen LogP) is 3.20. The van der Waals surface area contributed by atoms with E-state index in [1.807, 2.05) is 18.2 Å². The molecule has 1 saturated heterocycles. The van der Waals surface area contributed by atoms with Gasteiger partial charge in [-0.15, -0.1) is 0 Å². The molecule has 1 aliphatic rings. The molecule has 1 atom stereocenters. The van der Waals surface area contributed by atoms with Gasteiger partial charge in [-0.3, -0.25) is 4.90 Å². The van der Waals surface area contributed by atoms with Gasteiger partial charge in [-0.2, -0.15) is 4.98 Å². The lowest BCUT2D eigenvalue weighted by molar-refractivity contribution is 0.270. The molecule has 0 bridgehead atoms. The van der Waals surface area contributed by atoms with Crippen LogP contribution in [-0.2, 0) is 0 Å². The van der Waals surface area contributed by atoms with Gasteiger partial charge in [-0.25, -0.2) is 4.98 Å². The fourth-order valence-corrected chi connectivity index (χ4v) is 3.42. The zero-order valence-electron chi connectivity index (χ0n) is 12.6. The van der Waals surface area contributed by atoms with Gasteiger partial charge in [0.05, 0.1) is 5.52 Å². The molecule has 1 unspecified atom stereocenters. The number of para-hydroxylation sites is 1. The summed E-state index contributed by atoms with van der Waals surface area (Å²) in [5, 5.41) is 1.37. The maximum atomic E-state index is 6.08. The highest BCUT2D eigenvalue weighted by Crippen LogP contribution is 2.26. The fraction of sp³-hybridized carbons (Fsp3) is 0.500. The number of likely N-dealkylation sites (tertiary alicyclic amines) is 1. The van der Waals surface area contributed by atoms with Gasteiger partial charge in [0.1, 0.15) is 5.82 Å². The number of hydrogen-bond donors (Lipinski definition) is 0. The Labute approximate surface area is 130 Å². The van der Waals surface area contributed by atoms with Gasteiger partial charge in [0.15, 0.2) is 0 Å². The quantitative estimate of drug-likeness (QED) is 0.812. The van der Waals surface area contributed by atoms with E-state index in [1.165, 1.54) is 19.4 Å². The van der Waals surface area contributed by atoms with E-state index in [0.717, 1.165) is 29.8 Å². The predicted molar refractivity (Wildman–Crippen MR) is 88.1 cm³/mol. The van der Waals surface area contributed by atoms with Crippen molar-refractivity contribution >= 4 is 28.3 Å². The number of halogens is 1.